The molecule has 0 heterocycles. The highest BCUT2D eigenvalue weighted by Gasteiger charge is 2.34. The zero-order valence-corrected chi connectivity index (χ0v) is 31.6. The lowest BCUT2D eigenvalue weighted by molar-refractivity contribution is -0.145. The number of benzene rings is 2. The van der Waals surface area contributed by atoms with Crippen molar-refractivity contribution in [2.45, 2.75) is 90.4 Å². The van der Waals surface area contributed by atoms with Crippen molar-refractivity contribution in [2.24, 2.45) is 5.92 Å². The molecule has 2 rings (SSSR count). The number of hydrogen-bond acceptors (Lipinski definition) is 11. The van der Waals surface area contributed by atoms with Crippen LogP contribution in [0.25, 0.3) is 0 Å². The first-order chi connectivity index (χ1) is 25.1. The van der Waals surface area contributed by atoms with E-state index in [0.29, 0.717) is 11.1 Å². The highest BCUT2D eigenvalue weighted by atomic mass is 32.2. The number of sulfone groups is 1. The molecule has 0 spiro atoms. The van der Waals surface area contributed by atoms with Crippen molar-refractivity contribution in [1.82, 2.24) is 21.3 Å². The Morgan fingerprint density at radius 2 is 1.25 bits per heavy atom. The SMILES string of the molecule is CCOC(=O)C[C@@H](/C=C/S(=O)(=O)C(C)C)NC(=O)[C@@H](NC(=O)[C@@H](NC(=O)[C@H](CC(=O)OCC)NC(=O)OCc1ccccc1)c1ccccc1)C(C)C. The molecule has 15 nitrogen and oxygen atoms in total. The summed E-state index contributed by atoms with van der Waals surface area (Å²) in [6, 6.07) is 11.6. The van der Waals surface area contributed by atoms with Crippen LogP contribution in [0, 0.1) is 5.92 Å². The lowest BCUT2D eigenvalue weighted by atomic mass is 10.00. The third-order valence-electron chi connectivity index (χ3n) is 7.60. The average Bonchev–Trinajstić information content (AvgIpc) is 3.11. The predicted octanol–water partition coefficient (Wildman–Crippen LogP) is 3.01. The molecule has 290 valence electrons. The molecule has 16 heteroatoms. The number of amides is 4. The van der Waals surface area contributed by atoms with Gasteiger partial charge in [0.05, 0.1) is 37.3 Å². The average molecular weight is 759 g/mol. The van der Waals surface area contributed by atoms with Crippen molar-refractivity contribution in [3.8, 4) is 0 Å². The molecule has 0 aromatic heterocycles. The molecule has 0 bridgehead atoms. The molecule has 0 saturated heterocycles. The van der Waals surface area contributed by atoms with Gasteiger partial charge in [0.1, 0.15) is 24.7 Å². The third-order valence-corrected chi connectivity index (χ3v) is 9.45. The summed E-state index contributed by atoms with van der Waals surface area (Å²) in [4.78, 5) is 78.7. The lowest BCUT2D eigenvalue weighted by Gasteiger charge is -2.28. The Morgan fingerprint density at radius 1 is 0.679 bits per heavy atom. The van der Waals surface area contributed by atoms with Gasteiger partial charge in [0.25, 0.3) is 0 Å². The Labute approximate surface area is 310 Å². The van der Waals surface area contributed by atoms with Crippen LogP contribution in [-0.2, 0) is 54.6 Å². The topological polar surface area (TPSA) is 212 Å². The molecule has 2 aromatic carbocycles. The fraction of sp³-hybridized carbons (Fsp3) is 0.459. The van der Waals surface area contributed by atoms with Crippen LogP contribution in [0.3, 0.4) is 0 Å². The van der Waals surface area contributed by atoms with E-state index in [4.69, 9.17) is 14.2 Å². The fourth-order valence-corrected chi connectivity index (χ4v) is 5.39. The third kappa shape index (κ3) is 15.5. The molecule has 4 atom stereocenters. The van der Waals surface area contributed by atoms with Crippen LogP contribution in [0.1, 0.15) is 71.6 Å². The molecular formula is C37H50N4O11S. The van der Waals surface area contributed by atoms with E-state index in [-0.39, 0.29) is 26.2 Å². The van der Waals surface area contributed by atoms with Gasteiger partial charge >= 0.3 is 18.0 Å². The molecule has 0 aliphatic carbocycles. The molecule has 0 unspecified atom stereocenters. The van der Waals surface area contributed by atoms with Crippen molar-refractivity contribution in [2.75, 3.05) is 13.2 Å². The van der Waals surface area contributed by atoms with Gasteiger partial charge in [0.2, 0.25) is 17.7 Å². The Bertz CT molecular complexity index is 1670. The Kier molecular flexibility index (Phi) is 18.2. The number of rotatable bonds is 20. The summed E-state index contributed by atoms with van der Waals surface area (Å²) >= 11 is 0. The van der Waals surface area contributed by atoms with Gasteiger partial charge < -0.3 is 35.5 Å². The second-order valence-electron chi connectivity index (χ2n) is 12.4. The minimum atomic E-state index is -3.69. The van der Waals surface area contributed by atoms with Gasteiger partial charge in [-0.1, -0.05) is 80.6 Å². The fourth-order valence-electron chi connectivity index (χ4n) is 4.66. The molecule has 0 aliphatic heterocycles. The maximum absolute atomic E-state index is 13.9. The standard InChI is InChI=1S/C37H50N4O11S/c1-7-50-30(42)21-28(19-20-53(48,49)25(5)6)38-35(45)32(24(3)4)40-36(46)33(27-17-13-10-14-18-27)41-34(44)29(22-31(43)51-8-2)39-37(47)52-23-26-15-11-9-12-16-26/h9-20,24-25,28-29,32-33H,7-8,21-23H2,1-6H3,(H,38,45)(H,39,47)(H,40,46)(H,41,44)/b20-19+/t28-,29+,32+,33+/m1/s1. The van der Waals surface area contributed by atoms with E-state index in [9.17, 15) is 37.2 Å². The summed E-state index contributed by atoms with van der Waals surface area (Å²) < 4.78 is 40.1. The molecule has 0 aliphatic rings. The minimum absolute atomic E-state index is 0.0172. The first-order valence-electron chi connectivity index (χ1n) is 17.2. The van der Waals surface area contributed by atoms with E-state index >= 15 is 0 Å². The second kappa shape index (κ2) is 22.0. The van der Waals surface area contributed by atoms with Crippen molar-refractivity contribution in [3.63, 3.8) is 0 Å². The van der Waals surface area contributed by atoms with Crippen LogP contribution in [0.4, 0.5) is 4.79 Å². The molecule has 0 radical (unpaired) electrons. The van der Waals surface area contributed by atoms with Crippen molar-refractivity contribution < 1.29 is 51.4 Å². The van der Waals surface area contributed by atoms with Crippen molar-refractivity contribution >= 4 is 45.6 Å². The number of ether oxygens (including phenoxy) is 3. The van der Waals surface area contributed by atoms with Gasteiger partial charge in [-0.2, -0.15) is 0 Å². The van der Waals surface area contributed by atoms with Gasteiger partial charge in [-0.15, -0.1) is 0 Å². The molecule has 4 N–H and O–H groups in total. The zero-order chi connectivity index (χ0) is 39.6. The Hall–Kier alpha value is -5.25. The number of carbonyl (C=O) groups excluding carboxylic acids is 6. The second-order valence-corrected chi connectivity index (χ2v) is 14.8. The highest BCUT2D eigenvalue weighted by molar-refractivity contribution is 7.94. The highest BCUT2D eigenvalue weighted by Crippen LogP contribution is 2.16. The maximum Gasteiger partial charge on any atom is 0.408 e. The summed E-state index contributed by atoms with van der Waals surface area (Å²) in [5, 5.41) is 10.4. The molecular weight excluding hydrogens is 708 g/mol. The number of alkyl carbamates (subject to hydrolysis) is 1. The number of nitrogens with one attached hydrogen (secondary N) is 4. The van der Waals surface area contributed by atoms with Crippen LogP contribution in [0.5, 0.6) is 0 Å². The first-order valence-corrected chi connectivity index (χ1v) is 18.8. The van der Waals surface area contributed by atoms with Crippen LogP contribution in [0.2, 0.25) is 0 Å². The van der Waals surface area contributed by atoms with Crippen LogP contribution in [-0.4, -0.2) is 80.8 Å². The normalized spacial score (nSPS) is 13.7. The van der Waals surface area contributed by atoms with Gasteiger partial charge in [0.15, 0.2) is 9.84 Å². The molecule has 53 heavy (non-hydrogen) atoms. The van der Waals surface area contributed by atoms with Crippen LogP contribution in [0.15, 0.2) is 72.1 Å². The van der Waals surface area contributed by atoms with Crippen molar-refractivity contribution in [3.05, 3.63) is 83.3 Å². The minimum Gasteiger partial charge on any atom is -0.466 e. The largest absolute Gasteiger partial charge is 0.466 e. The number of esters is 2. The van der Waals surface area contributed by atoms with E-state index in [1.54, 1.807) is 88.4 Å². The smallest absolute Gasteiger partial charge is 0.408 e. The van der Waals surface area contributed by atoms with Crippen LogP contribution < -0.4 is 21.3 Å². The van der Waals surface area contributed by atoms with E-state index < -0.39 is 87.3 Å². The summed E-state index contributed by atoms with van der Waals surface area (Å²) in [5.41, 5.74) is 0.993. The monoisotopic (exact) mass is 758 g/mol. The van der Waals surface area contributed by atoms with Crippen molar-refractivity contribution in [1.29, 1.82) is 0 Å². The van der Waals surface area contributed by atoms with E-state index in [1.807, 2.05) is 0 Å². The van der Waals surface area contributed by atoms with Gasteiger partial charge in [0, 0.05) is 5.41 Å². The van der Waals surface area contributed by atoms with E-state index in [0.717, 1.165) is 5.41 Å². The first kappa shape index (κ1) is 43.9. The summed E-state index contributed by atoms with van der Waals surface area (Å²) in [6.45, 7) is 9.42. The molecule has 0 saturated carbocycles. The van der Waals surface area contributed by atoms with Gasteiger partial charge in [-0.25, -0.2) is 13.2 Å². The Balaban J connectivity index is 2.34. The number of carbonyl (C=O) groups is 6. The quantitative estimate of drug-likeness (QED) is 0.114. The van der Waals surface area contributed by atoms with Gasteiger partial charge in [-0.3, -0.25) is 24.0 Å². The summed E-state index contributed by atoms with van der Waals surface area (Å²) in [6.07, 6.45) is -0.781. The molecule has 0 fully saturated rings. The van der Waals surface area contributed by atoms with E-state index in [1.165, 1.54) is 19.9 Å². The Morgan fingerprint density at radius 3 is 1.79 bits per heavy atom. The molecule has 4 amide bonds. The summed E-state index contributed by atoms with van der Waals surface area (Å²) in [7, 11) is -3.69. The predicted molar refractivity (Wildman–Crippen MR) is 195 cm³/mol. The maximum atomic E-state index is 13.9. The number of hydrogen-bond donors (Lipinski definition) is 4. The van der Waals surface area contributed by atoms with E-state index in [2.05, 4.69) is 21.3 Å². The van der Waals surface area contributed by atoms with Gasteiger partial charge in [-0.05, 0) is 44.7 Å². The lowest BCUT2D eigenvalue weighted by Crippen LogP contribution is -2.56. The summed E-state index contributed by atoms with van der Waals surface area (Å²) in [5.74, 6) is -4.49. The van der Waals surface area contributed by atoms with Crippen LogP contribution >= 0.6 is 0 Å². The molecule has 2 aromatic rings. The zero-order valence-electron chi connectivity index (χ0n) is 30.8.